The molecule has 0 saturated heterocycles. The summed E-state index contributed by atoms with van der Waals surface area (Å²) in [5.41, 5.74) is 6.48. The lowest BCUT2D eigenvalue weighted by Gasteiger charge is -2.12. The van der Waals surface area contributed by atoms with Gasteiger partial charge in [-0.05, 0) is 29.3 Å². The maximum absolute atomic E-state index is 11.5. The van der Waals surface area contributed by atoms with Gasteiger partial charge in [0, 0.05) is 4.47 Å². The topological polar surface area (TPSA) is 92.4 Å². The minimum Gasteiger partial charge on any atom is -0.478 e. The molecule has 20 heavy (non-hydrogen) atoms. The Morgan fingerprint density at radius 2 is 1.75 bits per heavy atom. The fraction of sp³-hybridized carbons (Fsp3) is 0. The molecule has 0 radical (unpaired) electrons. The molecule has 0 saturated carbocycles. The highest BCUT2D eigenvalue weighted by atomic mass is 79.9. The second-order valence-corrected chi connectivity index (χ2v) is 4.95. The molecule has 0 fully saturated rings. The molecule has 102 valence electrons. The predicted molar refractivity (Wildman–Crippen MR) is 79.7 cm³/mol. The van der Waals surface area contributed by atoms with E-state index in [0.717, 1.165) is 10.0 Å². The van der Waals surface area contributed by atoms with Gasteiger partial charge in [-0.15, -0.1) is 0 Å². The van der Waals surface area contributed by atoms with Crippen molar-refractivity contribution < 1.29 is 14.7 Å². The third kappa shape index (κ3) is 2.97. The average Bonchev–Trinajstić information content (AvgIpc) is 2.38. The highest BCUT2D eigenvalue weighted by Gasteiger charge is 2.17. The Morgan fingerprint density at radius 3 is 2.30 bits per heavy atom. The highest BCUT2D eigenvalue weighted by Crippen LogP contribution is 2.30. The normalized spacial score (nSPS) is 10.1. The van der Waals surface area contributed by atoms with Crippen LogP contribution in [-0.2, 0) is 0 Å². The number of nitrogens with one attached hydrogen (secondary N) is 1. The van der Waals surface area contributed by atoms with E-state index < -0.39 is 12.0 Å². The zero-order chi connectivity index (χ0) is 14.7. The Labute approximate surface area is 123 Å². The number of primary amides is 1. The molecule has 5 nitrogen and oxygen atoms in total. The summed E-state index contributed by atoms with van der Waals surface area (Å²) in [5, 5.41) is 11.7. The maximum Gasteiger partial charge on any atom is 0.338 e. The van der Waals surface area contributed by atoms with Crippen LogP contribution >= 0.6 is 15.9 Å². The second-order valence-electron chi connectivity index (χ2n) is 4.03. The summed E-state index contributed by atoms with van der Waals surface area (Å²) >= 11 is 3.32. The lowest BCUT2D eigenvalue weighted by atomic mass is 9.98. The number of rotatable bonds is 3. The van der Waals surface area contributed by atoms with Gasteiger partial charge in [-0.1, -0.05) is 40.2 Å². The number of carboxylic acids is 1. The molecule has 0 heterocycles. The number of carboxylic acid groups (broad SMARTS) is 1. The van der Waals surface area contributed by atoms with E-state index in [1.807, 2.05) is 12.1 Å². The molecule has 0 aliphatic rings. The van der Waals surface area contributed by atoms with E-state index in [1.165, 1.54) is 6.07 Å². The first-order chi connectivity index (χ1) is 9.49. The number of halogens is 1. The summed E-state index contributed by atoms with van der Waals surface area (Å²) < 4.78 is 0.893. The van der Waals surface area contributed by atoms with Crippen molar-refractivity contribution in [3.05, 3.63) is 52.5 Å². The Bertz CT molecular complexity index is 669. The quantitative estimate of drug-likeness (QED) is 0.803. The maximum atomic E-state index is 11.5. The molecule has 0 atom stereocenters. The summed E-state index contributed by atoms with van der Waals surface area (Å²) in [4.78, 5) is 22.4. The van der Waals surface area contributed by atoms with Crippen LogP contribution in [0, 0.1) is 0 Å². The molecule has 0 aromatic heterocycles. The van der Waals surface area contributed by atoms with E-state index in [0.29, 0.717) is 5.56 Å². The van der Waals surface area contributed by atoms with Gasteiger partial charge in [0.1, 0.15) is 0 Å². The largest absolute Gasteiger partial charge is 0.478 e. The third-order valence-corrected chi connectivity index (χ3v) is 3.22. The van der Waals surface area contributed by atoms with E-state index in [1.54, 1.807) is 24.3 Å². The van der Waals surface area contributed by atoms with Gasteiger partial charge < -0.3 is 16.2 Å². The van der Waals surface area contributed by atoms with Crippen LogP contribution in [0.15, 0.2) is 46.9 Å². The molecule has 0 aliphatic carbocycles. The van der Waals surface area contributed by atoms with Crippen molar-refractivity contribution in [2.24, 2.45) is 5.73 Å². The number of urea groups is 1. The summed E-state index contributed by atoms with van der Waals surface area (Å²) in [6.45, 7) is 0. The standard InChI is InChI=1S/C14H11BrN2O3/c15-9-6-4-8(5-7-9)10-2-1-3-11(17-14(16)20)12(10)13(18)19/h1-7H,(H,18,19)(H3,16,17,20). The molecule has 2 rings (SSSR count). The van der Waals surface area contributed by atoms with Crippen LogP contribution in [0.5, 0.6) is 0 Å². The number of hydrogen-bond acceptors (Lipinski definition) is 2. The van der Waals surface area contributed by atoms with Crippen molar-refractivity contribution >= 4 is 33.6 Å². The van der Waals surface area contributed by atoms with Gasteiger partial charge in [0.05, 0.1) is 11.3 Å². The second kappa shape index (κ2) is 5.75. The molecule has 2 aromatic rings. The van der Waals surface area contributed by atoms with Crippen molar-refractivity contribution in [2.45, 2.75) is 0 Å². The molecule has 4 N–H and O–H groups in total. The van der Waals surface area contributed by atoms with E-state index in [4.69, 9.17) is 5.73 Å². The van der Waals surface area contributed by atoms with Crippen molar-refractivity contribution in [1.82, 2.24) is 0 Å². The number of nitrogens with two attached hydrogens (primary N) is 1. The third-order valence-electron chi connectivity index (χ3n) is 2.69. The van der Waals surface area contributed by atoms with E-state index in [9.17, 15) is 14.7 Å². The number of aromatic carboxylic acids is 1. The van der Waals surface area contributed by atoms with Crippen LogP contribution in [0.1, 0.15) is 10.4 Å². The number of carbonyl (C=O) groups excluding carboxylic acids is 1. The Kier molecular flexibility index (Phi) is 4.05. The fourth-order valence-corrected chi connectivity index (χ4v) is 2.15. The lowest BCUT2D eigenvalue weighted by molar-refractivity contribution is 0.0699. The van der Waals surface area contributed by atoms with Gasteiger partial charge in [-0.25, -0.2) is 9.59 Å². The molecule has 2 aromatic carbocycles. The number of benzene rings is 2. The molecule has 6 heteroatoms. The van der Waals surface area contributed by atoms with Crippen LogP contribution in [-0.4, -0.2) is 17.1 Å². The van der Waals surface area contributed by atoms with Crippen LogP contribution in [0.25, 0.3) is 11.1 Å². The van der Waals surface area contributed by atoms with Crippen LogP contribution in [0.2, 0.25) is 0 Å². The van der Waals surface area contributed by atoms with Gasteiger partial charge >= 0.3 is 12.0 Å². The minimum atomic E-state index is -1.13. The number of anilines is 1. The Hall–Kier alpha value is -2.34. The average molecular weight is 335 g/mol. The van der Waals surface area contributed by atoms with Gasteiger partial charge in [0.15, 0.2) is 0 Å². The van der Waals surface area contributed by atoms with Crippen molar-refractivity contribution in [3.63, 3.8) is 0 Å². The fourth-order valence-electron chi connectivity index (χ4n) is 1.89. The number of amides is 2. The molecule has 0 spiro atoms. The zero-order valence-corrected chi connectivity index (χ0v) is 11.8. The summed E-state index contributed by atoms with van der Waals surface area (Å²) in [6.07, 6.45) is 0. The van der Waals surface area contributed by atoms with Gasteiger partial charge in [-0.2, -0.15) is 0 Å². The van der Waals surface area contributed by atoms with Crippen LogP contribution < -0.4 is 11.1 Å². The van der Waals surface area contributed by atoms with Crippen molar-refractivity contribution in [3.8, 4) is 11.1 Å². The van der Waals surface area contributed by atoms with Gasteiger partial charge in [0.2, 0.25) is 0 Å². The summed E-state index contributed by atoms with van der Waals surface area (Å²) in [7, 11) is 0. The smallest absolute Gasteiger partial charge is 0.338 e. The minimum absolute atomic E-state index is 0.00798. The Morgan fingerprint density at radius 1 is 1.10 bits per heavy atom. The van der Waals surface area contributed by atoms with Gasteiger partial charge in [-0.3, -0.25) is 0 Å². The zero-order valence-electron chi connectivity index (χ0n) is 10.3. The summed E-state index contributed by atoms with van der Waals surface area (Å²) in [5.74, 6) is -1.13. The molecule has 0 unspecified atom stereocenters. The predicted octanol–water partition coefficient (Wildman–Crippen LogP) is 3.30. The highest BCUT2D eigenvalue weighted by molar-refractivity contribution is 9.10. The first kappa shape index (κ1) is 14.1. The van der Waals surface area contributed by atoms with E-state index >= 15 is 0 Å². The molecule has 2 amide bonds. The first-order valence-electron chi connectivity index (χ1n) is 5.67. The SMILES string of the molecule is NC(=O)Nc1cccc(-c2ccc(Br)cc2)c1C(=O)O. The van der Waals surface area contributed by atoms with Crippen LogP contribution in [0.4, 0.5) is 10.5 Å². The molecule has 0 bridgehead atoms. The van der Waals surface area contributed by atoms with Crippen LogP contribution in [0.3, 0.4) is 0 Å². The number of hydrogen-bond donors (Lipinski definition) is 3. The first-order valence-corrected chi connectivity index (χ1v) is 6.47. The van der Waals surface area contributed by atoms with Crippen molar-refractivity contribution in [2.75, 3.05) is 5.32 Å². The molecular weight excluding hydrogens is 324 g/mol. The lowest BCUT2D eigenvalue weighted by Crippen LogP contribution is -2.21. The van der Waals surface area contributed by atoms with Crippen molar-refractivity contribution in [1.29, 1.82) is 0 Å². The molecular formula is C14H11BrN2O3. The Balaban J connectivity index is 2.60. The number of carbonyl (C=O) groups is 2. The molecule has 0 aliphatic heterocycles. The summed E-state index contributed by atoms with van der Waals surface area (Å²) in [6, 6.07) is 11.2. The van der Waals surface area contributed by atoms with Gasteiger partial charge in [0.25, 0.3) is 0 Å². The monoisotopic (exact) mass is 334 g/mol. The van der Waals surface area contributed by atoms with E-state index in [-0.39, 0.29) is 11.3 Å². The van der Waals surface area contributed by atoms with E-state index in [2.05, 4.69) is 21.2 Å².